The van der Waals surface area contributed by atoms with Crippen LogP contribution in [-0.2, 0) is 0 Å². The summed E-state index contributed by atoms with van der Waals surface area (Å²) in [5.74, 6) is 0.510. The van der Waals surface area contributed by atoms with Gasteiger partial charge in [0.2, 0.25) is 0 Å². The third-order valence-electron chi connectivity index (χ3n) is 15.5. The second-order valence-corrected chi connectivity index (χ2v) is 22.7. The molecule has 1 unspecified atom stereocenters. The van der Waals surface area contributed by atoms with Crippen LogP contribution in [0.5, 0.6) is 0 Å². The Kier molecular flexibility index (Phi) is 60.8. The van der Waals surface area contributed by atoms with Crippen LogP contribution in [0.15, 0.2) is 59.8 Å². The standard InChI is InChI=1S/C70H132/c1-6-11-16-21-26-31-36-38-42-46-51-56-61-66-69(65-60-55-50-45-41-37-32-27-22-17-12-7-2)70(67-62-57-52-47-40-34-29-24-19-14-9-4)68(63-58-53-48-43-35-30-25-20-15-10-5)64-59-54-49-44-39-33-28-23-18-13-8-3/h58,60-63,65-68H,6-57,59,64H2,1-5H3. The molecule has 0 nitrogen and oxygen atoms in total. The SMILES string of the molecule is CCCCCCCCCCC=CC(CCCCCCCCCCCCC)C(C=CCCCCCCCCCCC)=C(C=CCCCCCCCCCCCC)C=CCCCCCCCCCCCCC. The van der Waals surface area contributed by atoms with Crippen LogP contribution in [0.4, 0.5) is 0 Å². The van der Waals surface area contributed by atoms with Crippen molar-refractivity contribution in [3.05, 3.63) is 59.8 Å². The predicted molar refractivity (Wildman–Crippen MR) is 325 cm³/mol. The Morgan fingerprint density at radius 3 is 0.714 bits per heavy atom. The molecule has 70 heavy (non-hydrogen) atoms. The molecule has 0 aromatic rings. The van der Waals surface area contributed by atoms with Crippen molar-refractivity contribution < 1.29 is 0 Å². The van der Waals surface area contributed by atoms with Gasteiger partial charge in [-0.2, -0.15) is 0 Å². The molecule has 0 aromatic carbocycles. The van der Waals surface area contributed by atoms with Crippen molar-refractivity contribution in [1.29, 1.82) is 0 Å². The topological polar surface area (TPSA) is 0 Å². The van der Waals surface area contributed by atoms with Gasteiger partial charge in [0.25, 0.3) is 0 Å². The van der Waals surface area contributed by atoms with Crippen LogP contribution in [0.3, 0.4) is 0 Å². The first-order valence-corrected chi connectivity index (χ1v) is 33.1. The van der Waals surface area contributed by atoms with Crippen LogP contribution < -0.4 is 0 Å². The monoisotopic (exact) mass is 973 g/mol. The third-order valence-corrected chi connectivity index (χ3v) is 15.5. The normalized spacial score (nSPS) is 13.1. The Morgan fingerprint density at radius 2 is 0.443 bits per heavy atom. The van der Waals surface area contributed by atoms with Crippen molar-refractivity contribution in [3.63, 3.8) is 0 Å². The Balaban J connectivity index is 6.18. The first kappa shape index (κ1) is 68.7. The Labute approximate surface area is 444 Å². The van der Waals surface area contributed by atoms with Gasteiger partial charge in [-0.25, -0.2) is 0 Å². The van der Waals surface area contributed by atoms with Gasteiger partial charge in [-0.3, -0.25) is 0 Å². The van der Waals surface area contributed by atoms with Crippen molar-refractivity contribution >= 4 is 0 Å². The molecule has 0 rings (SSSR count). The van der Waals surface area contributed by atoms with E-state index in [-0.39, 0.29) is 0 Å². The lowest BCUT2D eigenvalue weighted by molar-refractivity contribution is 0.530. The summed E-state index contributed by atoms with van der Waals surface area (Å²) in [5.41, 5.74) is 3.13. The molecule has 0 fully saturated rings. The fraction of sp³-hybridized carbons (Fsp3) is 0.857. The molecule has 0 aliphatic carbocycles. The van der Waals surface area contributed by atoms with Gasteiger partial charge in [0.1, 0.15) is 0 Å². The lowest BCUT2D eigenvalue weighted by Gasteiger charge is -2.18. The Bertz CT molecular complexity index is 1110. The van der Waals surface area contributed by atoms with Crippen LogP contribution in [0, 0.1) is 5.92 Å². The zero-order valence-electron chi connectivity index (χ0n) is 49.4. The summed E-state index contributed by atoms with van der Waals surface area (Å²) < 4.78 is 0. The Morgan fingerprint density at radius 1 is 0.229 bits per heavy atom. The van der Waals surface area contributed by atoms with Crippen LogP contribution in [0.1, 0.15) is 381 Å². The van der Waals surface area contributed by atoms with E-state index in [1.807, 2.05) is 0 Å². The average Bonchev–Trinajstić information content (AvgIpc) is 3.37. The molecule has 412 valence electrons. The molecular formula is C70H132. The van der Waals surface area contributed by atoms with Crippen molar-refractivity contribution in [1.82, 2.24) is 0 Å². The van der Waals surface area contributed by atoms with Gasteiger partial charge in [0, 0.05) is 5.92 Å². The molecule has 0 heteroatoms. The number of rotatable bonds is 59. The second kappa shape index (κ2) is 62.0. The van der Waals surface area contributed by atoms with E-state index < -0.39 is 0 Å². The predicted octanol–water partition coefficient (Wildman–Crippen LogP) is 26.3. The van der Waals surface area contributed by atoms with E-state index in [1.165, 1.54) is 352 Å². The molecule has 0 spiro atoms. The maximum atomic E-state index is 2.70. The van der Waals surface area contributed by atoms with Crippen LogP contribution >= 0.6 is 0 Å². The van der Waals surface area contributed by atoms with Gasteiger partial charge in [0.15, 0.2) is 0 Å². The van der Waals surface area contributed by atoms with Gasteiger partial charge in [-0.1, -0.05) is 372 Å². The summed E-state index contributed by atoms with van der Waals surface area (Å²) >= 11 is 0. The highest BCUT2D eigenvalue weighted by Gasteiger charge is 2.13. The molecule has 0 saturated heterocycles. The summed E-state index contributed by atoms with van der Waals surface area (Å²) in [4.78, 5) is 0. The first-order valence-electron chi connectivity index (χ1n) is 33.1. The summed E-state index contributed by atoms with van der Waals surface area (Å²) in [6.07, 6.45) is 96.4. The summed E-state index contributed by atoms with van der Waals surface area (Å²) in [6.45, 7) is 11.7. The zero-order valence-corrected chi connectivity index (χ0v) is 49.4. The van der Waals surface area contributed by atoms with E-state index in [4.69, 9.17) is 0 Å². The molecule has 0 saturated carbocycles. The second-order valence-electron chi connectivity index (χ2n) is 22.7. The maximum absolute atomic E-state index is 2.70. The van der Waals surface area contributed by atoms with Crippen LogP contribution in [0.2, 0.25) is 0 Å². The first-order chi connectivity index (χ1) is 34.7. The molecule has 0 N–H and O–H groups in total. The number of hydrogen-bond acceptors (Lipinski definition) is 0. The molecule has 0 amide bonds. The van der Waals surface area contributed by atoms with Crippen molar-refractivity contribution in [3.8, 4) is 0 Å². The van der Waals surface area contributed by atoms with E-state index in [0.717, 1.165) is 0 Å². The molecule has 0 aliphatic heterocycles. The fourth-order valence-corrected chi connectivity index (χ4v) is 10.6. The van der Waals surface area contributed by atoms with Gasteiger partial charge in [0.05, 0.1) is 0 Å². The van der Waals surface area contributed by atoms with E-state index in [9.17, 15) is 0 Å². The van der Waals surface area contributed by atoms with E-state index in [1.54, 1.807) is 5.57 Å². The van der Waals surface area contributed by atoms with Gasteiger partial charge >= 0.3 is 0 Å². The third kappa shape index (κ3) is 53.0. The van der Waals surface area contributed by atoms with Crippen molar-refractivity contribution in [2.75, 3.05) is 0 Å². The van der Waals surface area contributed by atoms with Crippen LogP contribution in [0.25, 0.3) is 0 Å². The summed E-state index contributed by atoms with van der Waals surface area (Å²) in [6, 6.07) is 0. The molecule has 0 aromatic heterocycles. The molecule has 0 heterocycles. The quantitative estimate of drug-likeness (QED) is 0.0324. The van der Waals surface area contributed by atoms with E-state index in [2.05, 4.69) is 83.2 Å². The molecule has 0 radical (unpaired) electrons. The molecule has 0 aliphatic rings. The average molecular weight is 974 g/mol. The van der Waals surface area contributed by atoms with Crippen LogP contribution in [-0.4, -0.2) is 0 Å². The minimum absolute atomic E-state index is 0.510. The molecular weight excluding hydrogens is 841 g/mol. The zero-order chi connectivity index (χ0) is 50.6. The molecule has 0 bridgehead atoms. The smallest absolute Gasteiger partial charge is 0.00237 e. The van der Waals surface area contributed by atoms with Gasteiger partial charge < -0.3 is 0 Å². The Hall–Kier alpha value is -1.30. The van der Waals surface area contributed by atoms with E-state index in [0.29, 0.717) is 5.92 Å². The largest absolute Gasteiger partial charge is 0.0879 e. The number of hydrogen-bond donors (Lipinski definition) is 0. The molecule has 1 atom stereocenters. The summed E-state index contributed by atoms with van der Waals surface area (Å²) in [5, 5.41) is 0. The van der Waals surface area contributed by atoms with Gasteiger partial charge in [-0.15, -0.1) is 0 Å². The highest BCUT2D eigenvalue weighted by molar-refractivity contribution is 5.43. The van der Waals surface area contributed by atoms with Crippen molar-refractivity contribution in [2.45, 2.75) is 381 Å². The van der Waals surface area contributed by atoms with Gasteiger partial charge in [-0.05, 0) is 68.9 Å². The minimum Gasteiger partial charge on any atom is -0.0879 e. The highest BCUT2D eigenvalue weighted by Crippen LogP contribution is 2.29. The minimum atomic E-state index is 0.510. The lowest BCUT2D eigenvalue weighted by atomic mass is 9.87. The number of unbranched alkanes of at least 4 members (excludes halogenated alkanes) is 48. The maximum Gasteiger partial charge on any atom is 0.00237 e. The lowest BCUT2D eigenvalue weighted by Crippen LogP contribution is -2.03. The summed E-state index contributed by atoms with van der Waals surface area (Å²) in [7, 11) is 0. The fourth-order valence-electron chi connectivity index (χ4n) is 10.6. The van der Waals surface area contributed by atoms with Crippen molar-refractivity contribution in [2.24, 2.45) is 5.92 Å². The number of allylic oxidation sites excluding steroid dienone is 10. The highest BCUT2D eigenvalue weighted by atomic mass is 14.2. The van der Waals surface area contributed by atoms with E-state index >= 15 is 0 Å².